The van der Waals surface area contributed by atoms with Gasteiger partial charge in [-0.25, -0.2) is 9.24 Å². The van der Waals surface area contributed by atoms with Crippen LogP contribution in [-0.2, 0) is 13.6 Å². The number of hydrogen-bond acceptors (Lipinski definition) is 5. The maximum atomic E-state index is 12.2. The zero-order valence-electron chi connectivity index (χ0n) is 10.00. The molecule has 0 radical (unpaired) electrons. The summed E-state index contributed by atoms with van der Waals surface area (Å²) >= 11 is 0. The fourth-order valence-electron chi connectivity index (χ4n) is 1.88. The molecule has 0 spiro atoms. The van der Waals surface area contributed by atoms with Crippen molar-refractivity contribution in [2.75, 3.05) is 19.8 Å². The lowest BCUT2D eigenvalue weighted by Gasteiger charge is -2.32. The Hall–Kier alpha value is -0.490. The molecular formula is C9H17N2O5P. The van der Waals surface area contributed by atoms with Crippen LogP contribution in [0.3, 0.4) is 0 Å². The molecule has 0 aromatic carbocycles. The lowest BCUT2D eigenvalue weighted by Crippen LogP contribution is -2.49. The Balaban J connectivity index is 2.02. The van der Waals surface area contributed by atoms with Crippen molar-refractivity contribution in [3.05, 3.63) is 10.1 Å². The first-order valence-electron chi connectivity index (χ1n) is 5.78. The Morgan fingerprint density at radius 2 is 2.06 bits per heavy atom. The molecule has 2 aliphatic rings. The maximum absolute atomic E-state index is 12.2. The molecular weight excluding hydrogens is 247 g/mol. The predicted octanol–water partition coefficient (Wildman–Crippen LogP) is 1.66. The van der Waals surface area contributed by atoms with Crippen molar-refractivity contribution in [1.29, 1.82) is 0 Å². The molecule has 0 saturated carbocycles. The Kier molecular flexibility index (Phi) is 3.29. The summed E-state index contributed by atoms with van der Waals surface area (Å²) in [6, 6.07) is 0.227. The van der Waals surface area contributed by atoms with Gasteiger partial charge in [0.05, 0.1) is 0 Å². The summed E-state index contributed by atoms with van der Waals surface area (Å²) in [6.45, 7) is 4.11. The Morgan fingerprint density at radius 1 is 1.47 bits per heavy atom. The van der Waals surface area contributed by atoms with E-state index in [2.05, 4.69) is 0 Å². The zero-order chi connectivity index (χ0) is 12.7. The second-order valence-electron chi connectivity index (χ2n) is 4.53. The summed E-state index contributed by atoms with van der Waals surface area (Å²) in [5.74, 6) is 0. The third-order valence-corrected chi connectivity index (χ3v) is 5.54. The molecule has 2 saturated heterocycles. The first-order valence-corrected chi connectivity index (χ1v) is 7.28. The van der Waals surface area contributed by atoms with Crippen molar-refractivity contribution in [2.24, 2.45) is 0 Å². The molecule has 2 heterocycles. The largest absolute Gasteiger partial charge is 0.409 e. The minimum Gasteiger partial charge on any atom is -0.289 e. The van der Waals surface area contributed by atoms with Crippen LogP contribution in [0.4, 0.5) is 0 Å². The third kappa shape index (κ3) is 2.12. The Labute approximate surface area is 99.8 Å². The molecule has 0 bridgehead atoms. The number of nitrogens with zero attached hydrogens (tertiary/aromatic N) is 2. The topological polar surface area (TPSA) is 81.7 Å². The quantitative estimate of drug-likeness (QED) is 0.332. The van der Waals surface area contributed by atoms with E-state index in [4.69, 9.17) is 9.05 Å². The molecule has 0 amide bonds. The van der Waals surface area contributed by atoms with E-state index >= 15 is 0 Å². The molecule has 0 N–H and O–H groups in total. The van der Waals surface area contributed by atoms with Crippen LogP contribution in [0.25, 0.3) is 0 Å². The van der Waals surface area contributed by atoms with E-state index in [1.807, 2.05) is 6.92 Å². The smallest absolute Gasteiger partial charge is 0.289 e. The highest BCUT2D eigenvalue weighted by atomic mass is 31.2. The first kappa shape index (κ1) is 13.0. The lowest BCUT2D eigenvalue weighted by molar-refractivity contribution is -0.578. The standard InChI is InChI=1S/C9H17N2O5P/c1-3-8-5-10(8)17(14)15-6-9(4-2,7-16-17)11(12)13/h8H,3-7H2,1-2H3/t8-,9?,10?,17?/m0/s1. The van der Waals surface area contributed by atoms with Gasteiger partial charge in [-0.1, -0.05) is 13.8 Å². The molecule has 2 fully saturated rings. The van der Waals surface area contributed by atoms with Gasteiger partial charge in [-0.3, -0.25) is 19.2 Å². The summed E-state index contributed by atoms with van der Waals surface area (Å²) in [5.41, 5.74) is -1.24. The van der Waals surface area contributed by atoms with E-state index in [1.165, 1.54) is 0 Å². The van der Waals surface area contributed by atoms with Crippen molar-refractivity contribution in [2.45, 2.75) is 38.3 Å². The molecule has 2 rings (SSSR count). The third-order valence-electron chi connectivity index (χ3n) is 3.51. The van der Waals surface area contributed by atoms with Crippen LogP contribution in [0.15, 0.2) is 0 Å². The molecule has 98 valence electrons. The van der Waals surface area contributed by atoms with Crippen LogP contribution in [-0.4, -0.2) is 40.9 Å². The van der Waals surface area contributed by atoms with Crippen LogP contribution < -0.4 is 0 Å². The van der Waals surface area contributed by atoms with Crippen molar-refractivity contribution in [1.82, 2.24) is 4.67 Å². The second kappa shape index (κ2) is 4.31. The first-order chi connectivity index (χ1) is 7.97. The van der Waals surface area contributed by atoms with Gasteiger partial charge in [0.2, 0.25) is 0 Å². The second-order valence-corrected chi connectivity index (χ2v) is 6.50. The normalized spacial score (nSPS) is 45.5. The monoisotopic (exact) mass is 264 g/mol. The Bertz CT molecular complexity index is 362. The van der Waals surface area contributed by atoms with E-state index < -0.39 is 18.2 Å². The summed E-state index contributed by atoms with van der Waals surface area (Å²) in [6.07, 6.45) is 1.18. The van der Waals surface area contributed by atoms with Gasteiger partial charge in [0.15, 0.2) is 0 Å². The summed E-state index contributed by atoms with van der Waals surface area (Å²) in [7, 11) is -3.25. The zero-order valence-corrected chi connectivity index (χ0v) is 10.9. The fraction of sp³-hybridized carbons (Fsp3) is 1.00. The number of nitro groups is 1. The summed E-state index contributed by atoms with van der Waals surface area (Å²) in [5, 5.41) is 11.0. The van der Waals surface area contributed by atoms with Gasteiger partial charge >= 0.3 is 7.75 Å². The molecule has 2 aliphatic heterocycles. The van der Waals surface area contributed by atoms with Gasteiger partial charge < -0.3 is 0 Å². The molecule has 0 aromatic heterocycles. The maximum Gasteiger partial charge on any atom is 0.409 e. The van der Waals surface area contributed by atoms with Gasteiger partial charge in [-0.15, -0.1) is 0 Å². The van der Waals surface area contributed by atoms with Gasteiger partial charge in [-0.05, 0) is 6.42 Å². The average Bonchev–Trinajstić information content (AvgIpc) is 3.10. The highest BCUT2D eigenvalue weighted by molar-refractivity contribution is 7.51. The highest BCUT2D eigenvalue weighted by Crippen LogP contribution is 2.61. The van der Waals surface area contributed by atoms with E-state index in [9.17, 15) is 14.7 Å². The Morgan fingerprint density at radius 3 is 2.41 bits per heavy atom. The summed E-state index contributed by atoms with van der Waals surface area (Å²) < 4.78 is 24.3. The van der Waals surface area contributed by atoms with E-state index in [1.54, 1.807) is 11.6 Å². The number of hydrogen-bond donors (Lipinski definition) is 0. The van der Waals surface area contributed by atoms with Crippen molar-refractivity contribution in [3.8, 4) is 0 Å². The van der Waals surface area contributed by atoms with E-state index in [0.29, 0.717) is 13.0 Å². The lowest BCUT2D eigenvalue weighted by atomic mass is 10.0. The van der Waals surface area contributed by atoms with Crippen LogP contribution in [0.2, 0.25) is 0 Å². The molecule has 0 aromatic rings. The van der Waals surface area contributed by atoms with Crippen LogP contribution in [0.1, 0.15) is 26.7 Å². The van der Waals surface area contributed by atoms with E-state index in [-0.39, 0.29) is 19.3 Å². The molecule has 17 heavy (non-hydrogen) atoms. The van der Waals surface area contributed by atoms with Gasteiger partial charge in [0.1, 0.15) is 13.2 Å². The minimum atomic E-state index is -3.25. The van der Waals surface area contributed by atoms with Crippen molar-refractivity contribution >= 4 is 7.75 Å². The molecule has 2 atom stereocenters. The van der Waals surface area contributed by atoms with Crippen molar-refractivity contribution in [3.63, 3.8) is 0 Å². The molecule has 1 unspecified atom stereocenters. The highest BCUT2D eigenvalue weighted by Gasteiger charge is 2.57. The molecule has 8 heteroatoms. The SMILES string of the molecule is CC[C@H]1CN1P1(=O)OCC(CC)([N+](=O)[O-])CO1. The number of rotatable bonds is 4. The van der Waals surface area contributed by atoms with E-state index in [0.717, 1.165) is 6.42 Å². The summed E-state index contributed by atoms with van der Waals surface area (Å²) in [4.78, 5) is 10.6. The molecule has 0 aliphatic carbocycles. The van der Waals surface area contributed by atoms with Gasteiger partial charge in [0.25, 0.3) is 5.54 Å². The van der Waals surface area contributed by atoms with Gasteiger partial charge in [-0.2, -0.15) is 0 Å². The van der Waals surface area contributed by atoms with Crippen molar-refractivity contribution < 1.29 is 18.5 Å². The van der Waals surface area contributed by atoms with Crippen LogP contribution in [0.5, 0.6) is 0 Å². The van der Waals surface area contributed by atoms with Gasteiger partial charge in [0, 0.05) is 23.9 Å². The van der Waals surface area contributed by atoms with Crippen LogP contribution >= 0.6 is 7.75 Å². The minimum absolute atomic E-state index is 0.138. The predicted molar refractivity (Wildman–Crippen MR) is 60.3 cm³/mol. The van der Waals surface area contributed by atoms with Crippen LogP contribution in [0, 0.1) is 10.1 Å². The molecule has 7 nitrogen and oxygen atoms in total. The average molecular weight is 264 g/mol. The fourth-order valence-corrected chi connectivity index (χ4v) is 4.01.